The topological polar surface area (TPSA) is 91.0 Å². The Morgan fingerprint density at radius 1 is 1.67 bits per heavy atom. The van der Waals surface area contributed by atoms with Crippen molar-refractivity contribution in [3.63, 3.8) is 0 Å². The summed E-state index contributed by atoms with van der Waals surface area (Å²) in [6, 6.07) is 3.23. The molecule has 0 fully saturated rings. The summed E-state index contributed by atoms with van der Waals surface area (Å²) in [5, 5.41) is 5.52. The van der Waals surface area contributed by atoms with Gasteiger partial charge in [0.2, 0.25) is 5.76 Å². The molecule has 0 radical (unpaired) electrons. The molecule has 4 N–H and O–H groups in total. The summed E-state index contributed by atoms with van der Waals surface area (Å²) in [4.78, 5) is 11.0. The number of carbonyl (C=O) groups is 1. The van der Waals surface area contributed by atoms with Gasteiger partial charge in [0.15, 0.2) is 0 Å². The van der Waals surface area contributed by atoms with E-state index in [9.17, 15) is 4.79 Å². The normalized spacial score (nSPS) is 9.13. The van der Waals surface area contributed by atoms with E-state index in [2.05, 4.69) is 4.74 Å². The van der Waals surface area contributed by atoms with Gasteiger partial charge in [0.1, 0.15) is 5.76 Å². The van der Waals surface area contributed by atoms with Crippen LogP contribution in [0, 0.1) is 0 Å². The summed E-state index contributed by atoms with van der Waals surface area (Å²) in [6.45, 7) is 0. The van der Waals surface area contributed by atoms with E-state index >= 15 is 0 Å². The molecule has 1 heterocycles. The molecule has 0 amide bonds. The number of hydrogen-bond donors (Lipinski definition) is 2. The van der Waals surface area contributed by atoms with Crippen LogP contribution in [0.15, 0.2) is 16.5 Å². The van der Waals surface area contributed by atoms with Gasteiger partial charge >= 0.3 is 5.97 Å². The molecule has 0 spiro atoms. The van der Waals surface area contributed by atoms with Crippen molar-refractivity contribution in [3.05, 3.63) is 23.7 Å². The van der Waals surface area contributed by atoms with Crippen molar-refractivity contribution >= 4 is 22.9 Å². The van der Waals surface area contributed by atoms with Gasteiger partial charge in [0.25, 0.3) is 5.17 Å². The van der Waals surface area contributed by atoms with Gasteiger partial charge in [-0.05, 0) is 23.9 Å². The van der Waals surface area contributed by atoms with Crippen molar-refractivity contribution in [2.45, 2.75) is 5.75 Å². The largest absolute Gasteiger partial charge is 1.00 e. The average molecular weight is 251 g/mol. The summed E-state index contributed by atoms with van der Waals surface area (Å²) >= 11 is 1.24. The Morgan fingerprint density at radius 2 is 2.33 bits per heavy atom. The summed E-state index contributed by atoms with van der Waals surface area (Å²) in [5.74, 6) is 0.813. The molecular weight excluding hydrogens is 240 g/mol. The fourth-order valence-electron chi connectivity index (χ4n) is 0.820. The molecule has 0 aliphatic rings. The second kappa shape index (κ2) is 6.36. The van der Waals surface area contributed by atoms with Gasteiger partial charge in [-0.2, -0.15) is 0 Å². The molecule has 0 aliphatic heterocycles. The van der Waals surface area contributed by atoms with Gasteiger partial charge in [-0.15, -0.1) is 0 Å². The van der Waals surface area contributed by atoms with E-state index in [0.717, 1.165) is 0 Å². The standard InChI is InChI=1S/C8H10N2O3S.ClH/c1-12-7(11)6-3-2-5(13-6)4-14-8(9)10;/h2-3H,4H2,1H3,(H3,9,10);1H. The van der Waals surface area contributed by atoms with Crippen molar-refractivity contribution in [3.8, 4) is 0 Å². The quantitative estimate of drug-likeness (QED) is 0.328. The zero-order valence-corrected chi connectivity index (χ0v) is 9.60. The van der Waals surface area contributed by atoms with E-state index in [1.807, 2.05) is 0 Å². The van der Waals surface area contributed by atoms with Gasteiger partial charge in [0.05, 0.1) is 12.9 Å². The van der Waals surface area contributed by atoms with Gasteiger partial charge < -0.3 is 21.6 Å². The lowest BCUT2D eigenvalue weighted by molar-refractivity contribution is -0.110. The van der Waals surface area contributed by atoms with Crippen LogP contribution >= 0.6 is 11.8 Å². The number of carbonyl (C=O) groups excluding carboxylic acids is 1. The maximum absolute atomic E-state index is 11.0. The highest BCUT2D eigenvalue weighted by Gasteiger charge is 2.11. The Bertz CT molecular complexity index is 353. The number of esters is 1. The predicted molar refractivity (Wildman–Crippen MR) is 52.5 cm³/mol. The van der Waals surface area contributed by atoms with Crippen LogP contribution in [0.1, 0.15) is 16.3 Å². The molecule has 1 aromatic rings. The average Bonchev–Trinajstić information content (AvgIpc) is 2.62. The third kappa shape index (κ3) is 4.26. The van der Waals surface area contributed by atoms with E-state index in [4.69, 9.17) is 15.6 Å². The molecule has 1 aromatic heterocycles. The number of rotatable bonds is 3. The number of nitrogens with two attached hydrogens (primary N) is 2. The fraction of sp³-hybridized carbons (Fsp3) is 0.250. The molecule has 0 saturated carbocycles. The Labute approximate surface area is 97.3 Å². The van der Waals surface area contributed by atoms with Gasteiger partial charge in [0, 0.05) is 0 Å². The van der Waals surface area contributed by atoms with E-state index in [0.29, 0.717) is 11.5 Å². The zero-order chi connectivity index (χ0) is 10.6. The van der Waals surface area contributed by atoms with E-state index in [1.165, 1.54) is 18.9 Å². The molecule has 0 bridgehead atoms. The van der Waals surface area contributed by atoms with Crippen LogP contribution in [0.25, 0.3) is 0 Å². The van der Waals surface area contributed by atoms with E-state index < -0.39 is 5.97 Å². The molecule has 0 saturated heterocycles. The van der Waals surface area contributed by atoms with Gasteiger partial charge in [-0.3, -0.25) is 11.1 Å². The van der Waals surface area contributed by atoms with Crippen molar-refractivity contribution in [1.82, 2.24) is 0 Å². The summed E-state index contributed by atoms with van der Waals surface area (Å²) in [7, 11) is 1.30. The first-order valence-electron chi connectivity index (χ1n) is 3.81. The van der Waals surface area contributed by atoms with Crippen LogP contribution in [0.2, 0.25) is 0 Å². The maximum Gasteiger partial charge on any atom is 0.373 e. The highest BCUT2D eigenvalue weighted by Crippen LogP contribution is 2.14. The lowest BCUT2D eigenvalue weighted by Gasteiger charge is -1.93. The molecule has 0 aromatic carbocycles. The van der Waals surface area contributed by atoms with Crippen LogP contribution in [-0.2, 0) is 10.5 Å². The summed E-state index contributed by atoms with van der Waals surface area (Å²) in [6.07, 6.45) is 0. The van der Waals surface area contributed by atoms with Crippen molar-refractivity contribution in [2.75, 3.05) is 7.11 Å². The third-order valence-electron chi connectivity index (χ3n) is 1.43. The van der Waals surface area contributed by atoms with Gasteiger partial charge in [-0.25, -0.2) is 4.79 Å². The van der Waals surface area contributed by atoms with Crippen LogP contribution in [0.4, 0.5) is 0 Å². The first-order chi connectivity index (χ1) is 6.63. The predicted octanol–water partition coefficient (Wildman–Crippen LogP) is -3.62. The minimum atomic E-state index is -0.494. The lowest BCUT2D eigenvalue weighted by atomic mass is 10.4. The second-order valence-corrected chi connectivity index (χ2v) is 3.50. The molecular formula is C8H11ClN2O3S. The number of hydrogen-bond acceptors (Lipinski definition) is 4. The van der Waals surface area contributed by atoms with Gasteiger partial charge in [-0.1, -0.05) is 0 Å². The van der Waals surface area contributed by atoms with Crippen molar-refractivity contribution in [2.24, 2.45) is 5.73 Å². The van der Waals surface area contributed by atoms with E-state index in [1.54, 1.807) is 12.1 Å². The molecule has 7 heteroatoms. The molecule has 84 valence electrons. The lowest BCUT2D eigenvalue weighted by Crippen LogP contribution is -3.00. The molecule has 15 heavy (non-hydrogen) atoms. The number of furan rings is 1. The van der Waals surface area contributed by atoms with Crippen LogP contribution in [0.3, 0.4) is 0 Å². The summed E-state index contributed by atoms with van der Waals surface area (Å²) in [5.41, 5.74) is 5.26. The van der Waals surface area contributed by atoms with Crippen molar-refractivity contribution < 1.29 is 31.8 Å². The van der Waals surface area contributed by atoms with Crippen LogP contribution in [-0.4, -0.2) is 18.2 Å². The Kier molecular flexibility index (Phi) is 5.88. The highest BCUT2D eigenvalue weighted by atomic mass is 35.5. The minimum Gasteiger partial charge on any atom is -1.00 e. The molecule has 0 unspecified atom stereocenters. The maximum atomic E-state index is 11.0. The highest BCUT2D eigenvalue weighted by molar-refractivity contribution is 8.12. The molecule has 0 atom stereocenters. The van der Waals surface area contributed by atoms with Crippen molar-refractivity contribution in [1.29, 1.82) is 0 Å². The first kappa shape index (κ1) is 13.9. The van der Waals surface area contributed by atoms with E-state index in [-0.39, 0.29) is 23.3 Å². The minimum absolute atomic E-state index is 0. The number of ether oxygens (including phenoxy) is 1. The number of thioether (sulfide) groups is 1. The third-order valence-corrected chi connectivity index (χ3v) is 2.19. The monoisotopic (exact) mass is 250 g/mol. The zero-order valence-electron chi connectivity index (χ0n) is 8.03. The number of halogens is 1. The molecule has 5 nitrogen and oxygen atoms in total. The smallest absolute Gasteiger partial charge is 0.373 e. The molecule has 1 rings (SSSR count). The Hall–Kier alpha value is -1.14. The van der Waals surface area contributed by atoms with Crippen LogP contribution < -0.4 is 23.5 Å². The Morgan fingerprint density at radius 3 is 2.87 bits per heavy atom. The SMILES string of the molecule is COC(=O)c1ccc(CSC(N)=[NH2+])o1.[Cl-]. The second-order valence-electron chi connectivity index (χ2n) is 2.45. The number of amidine groups is 1. The Balaban J connectivity index is 0.00000196. The van der Waals surface area contributed by atoms with Crippen LogP contribution in [0.5, 0.6) is 0 Å². The number of methoxy groups -OCH3 is 1. The first-order valence-corrected chi connectivity index (χ1v) is 4.79. The molecule has 0 aliphatic carbocycles. The summed E-state index contributed by atoms with van der Waals surface area (Å²) < 4.78 is 9.65. The fourth-order valence-corrected chi connectivity index (χ4v) is 1.28.